The summed E-state index contributed by atoms with van der Waals surface area (Å²) in [5, 5.41) is -0.413. The smallest absolute Gasteiger partial charge is 0.257 e. The standard InChI is InChI=1S/C10H11Cl2FN2O/c1-3-15(4-2)10(16)6-5-7(13)9(12)14-8(6)11/h5H,3-4H2,1-2H3. The van der Waals surface area contributed by atoms with Crippen LogP contribution in [0.15, 0.2) is 6.07 Å². The second kappa shape index (κ2) is 5.46. The van der Waals surface area contributed by atoms with Crippen molar-refractivity contribution >= 4 is 29.1 Å². The van der Waals surface area contributed by atoms with Gasteiger partial charge in [0.25, 0.3) is 5.91 Å². The summed E-state index contributed by atoms with van der Waals surface area (Å²) in [6, 6.07) is 1.01. The first kappa shape index (κ1) is 13.2. The lowest BCUT2D eigenvalue weighted by molar-refractivity contribution is 0.0772. The van der Waals surface area contributed by atoms with Gasteiger partial charge >= 0.3 is 0 Å². The highest BCUT2D eigenvalue weighted by molar-refractivity contribution is 6.34. The van der Waals surface area contributed by atoms with Crippen LogP contribution in [0.3, 0.4) is 0 Å². The van der Waals surface area contributed by atoms with Crippen molar-refractivity contribution in [3.05, 3.63) is 27.8 Å². The Hall–Kier alpha value is -0.870. The highest BCUT2D eigenvalue weighted by atomic mass is 35.5. The van der Waals surface area contributed by atoms with Gasteiger partial charge in [0.15, 0.2) is 11.0 Å². The number of carbonyl (C=O) groups excluding carboxylic acids is 1. The van der Waals surface area contributed by atoms with Gasteiger partial charge in [-0.2, -0.15) is 0 Å². The van der Waals surface area contributed by atoms with E-state index in [0.717, 1.165) is 6.07 Å². The second-order valence-electron chi connectivity index (χ2n) is 3.08. The fourth-order valence-electron chi connectivity index (χ4n) is 1.28. The molecule has 0 aliphatic carbocycles. The van der Waals surface area contributed by atoms with Gasteiger partial charge in [-0.05, 0) is 19.9 Å². The lowest BCUT2D eigenvalue weighted by atomic mass is 10.2. The van der Waals surface area contributed by atoms with Crippen LogP contribution in [0.1, 0.15) is 24.2 Å². The molecule has 1 aromatic heterocycles. The van der Waals surface area contributed by atoms with E-state index in [-0.39, 0.29) is 21.8 Å². The minimum Gasteiger partial charge on any atom is -0.339 e. The SMILES string of the molecule is CCN(CC)C(=O)c1cc(F)c(Cl)nc1Cl. The van der Waals surface area contributed by atoms with Gasteiger partial charge in [0.2, 0.25) is 0 Å². The van der Waals surface area contributed by atoms with E-state index in [9.17, 15) is 9.18 Å². The Balaban J connectivity index is 3.13. The van der Waals surface area contributed by atoms with Gasteiger partial charge in [0.1, 0.15) is 5.15 Å². The molecule has 0 spiro atoms. The molecule has 1 heterocycles. The van der Waals surface area contributed by atoms with Gasteiger partial charge in [-0.1, -0.05) is 23.2 Å². The normalized spacial score (nSPS) is 10.3. The summed E-state index contributed by atoms with van der Waals surface area (Å²) in [6.45, 7) is 4.70. The van der Waals surface area contributed by atoms with Gasteiger partial charge in [-0.25, -0.2) is 9.37 Å². The largest absolute Gasteiger partial charge is 0.339 e. The minimum atomic E-state index is -0.749. The number of rotatable bonds is 3. The molecule has 16 heavy (non-hydrogen) atoms. The molecule has 0 aromatic carbocycles. The molecule has 0 N–H and O–H groups in total. The van der Waals surface area contributed by atoms with Crippen LogP contribution in [-0.4, -0.2) is 28.9 Å². The Labute approximate surface area is 103 Å². The fourth-order valence-corrected chi connectivity index (χ4v) is 1.68. The van der Waals surface area contributed by atoms with Crippen LogP contribution in [0.5, 0.6) is 0 Å². The molecule has 0 fully saturated rings. The number of hydrogen-bond acceptors (Lipinski definition) is 2. The number of hydrogen-bond donors (Lipinski definition) is 0. The summed E-state index contributed by atoms with van der Waals surface area (Å²) >= 11 is 11.2. The van der Waals surface area contributed by atoms with Crippen LogP contribution in [0, 0.1) is 5.82 Å². The van der Waals surface area contributed by atoms with Crippen molar-refractivity contribution < 1.29 is 9.18 Å². The maximum atomic E-state index is 13.2. The molecule has 6 heteroatoms. The zero-order valence-electron chi connectivity index (χ0n) is 8.93. The van der Waals surface area contributed by atoms with E-state index >= 15 is 0 Å². The summed E-state index contributed by atoms with van der Waals surface area (Å²) in [4.78, 5) is 17.0. The number of carbonyl (C=O) groups is 1. The monoisotopic (exact) mass is 264 g/mol. The van der Waals surface area contributed by atoms with Crippen LogP contribution in [0.2, 0.25) is 10.3 Å². The first-order chi connectivity index (χ1) is 7.51. The predicted molar refractivity (Wildman–Crippen MR) is 61.5 cm³/mol. The van der Waals surface area contributed by atoms with E-state index in [1.165, 1.54) is 4.90 Å². The number of nitrogens with zero attached hydrogens (tertiary/aromatic N) is 2. The van der Waals surface area contributed by atoms with Crippen molar-refractivity contribution in [1.29, 1.82) is 0 Å². The maximum absolute atomic E-state index is 13.2. The Morgan fingerprint density at radius 3 is 2.44 bits per heavy atom. The van der Waals surface area contributed by atoms with Crippen LogP contribution >= 0.6 is 23.2 Å². The van der Waals surface area contributed by atoms with E-state index in [1.54, 1.807) is 0 Å². The Kier molecular flexibility index (Phi) is 4.50. The van der Waals surface area contributed by atoms with Crippen molar-refractivity contribution in [2.75, 3.05) is 13.1 Å². The van der Waals surface area contributed by atoms with Crippen molar-refractivity contribution in [3.63, 3.8) is 0 Å². The van der Waals surface area contributed by atoms with Gasteiger partial charge in [-0.3, -0.25) is 4.79 Å². The third kappa shape index (κ3) is 2.62. The van der Waals surface area contributed by atoms with Crippen LogP contribution in [0.4, 0.5) is 4.39 Å². The van der Waals surface area contributed by atoms with E-state index in [1.807, 2.05) is 13.8 Å². The van der Waals surface area contributed by atoms with Crippen molar-refractivity contribution in [1.82, 2.24) is 9.88 Å². The number of halogens is 3. The molecular formula is C10H11Cl2FN2O. The molecule has 3 nitrogen and oxygen atoms in total. The Morgan fingerprint density at radius 1 is 1.38 bits per heavy atom. The fraction of sp³-hybridized carbons (Fsp3) is 0.400. The predicted octanol–water partition coefficient (Wildman–Crippen LogP) is 3.01. The molecule has 1 amide bonds. The van der Waals surface area contributed by atoms with Crippen molar-refractivity contribution in [2.24, 2.45) is 0 Å². The molecule has 0 bridgehead atoms. The van der Waals surface area contributed by atoms with Crippen LogP contribution in [-0.2, 0) is 0 Å². The molecule has 0 radical (unpaired) electrons. The summed E-state index contributed by atoms with van der Waals surface area (Å²) < 4.78 is 13.2. The molecule has 0 aliphatic rings. The molecule has 88 valence electrons. The topological polar surface area (TPSA) is 33.2 Å². The average Bonchev–Trinajstić information content (AvgIpc) is 2.25. The minimum absolute atomic E-state index is 0.0345. The maximum Gasteiger partial charge on any atom is 0.257 e. The highest BCUT2D eigenvalue weighted by Gasteiger charge is 2.19. The molecule has 0 aliphatic heterocycles. The van der Waals surface area contributed by atoms with E-state index in [0.29, 0.717) is 13.1 Å². The van der Waals surface area contributed by atoms with Crippen LogP contribution < -0.4 is 0 Å². The number of pyridine rings is 1. The first-order valence-electron chi connectivity index (χ1n) is 4.82. The zero-order valence-corrected chi connectivity index (χ0v) is 10.4. The van der Waals surface area contributed by atoms with Crippen molar-refractivity contribution in [2.45, 2.75) is 13.8 Å². The van der Waals surface area contributed by atoms with Gasteiger partial charge in [0.05, 0.1) is 5.56 Å². The number of amides is 1. The molecule has 0 atom stereocenters. The zero-order chi connectivity index (χ0) is 12.3. The molecule has 0 saturated heterocycles. The van der Waals surface area contributed by atoms with Gasteiger partial charge < -0.3 is 4.90 Å². The average molecular weight is 265 g/mol. The lowest BCUT2D eigenvalue weighted by Crippen LogP contribution is -2.30. The van der Waals surface area contributed by atoms with Gasteiger partial charge in [-0.15, -0.1) is 0 Å². The van der Waals surface area contributed by atoms with E-state index in [4.69, 9.17) is 23.2 Å². The quantitative estimate of drug-likeness (QED) is 0.787. The second-order valence-corrected chi connectivity index (χ2v) is 3.79. The summed E-state index contributed by atoms with van der Waals surface area (Å²) in [5.41, 5.74) is 0.0345. The van der Waals surface area contributed by atoms with E-state index in [2.05, 4.69) is 4.98 Å². The van der Waals surface area contributed by atoms with Gasteiger partial charge in [0, 0.05) is 13.1 Å². The molecule has 1 aromatic rings. The lowest BCUT2D eigenvalue weighted by Gasteiger charge is -2.18. The van der Waals surface area contributed by atoms with Crippen LogP contribution in [0.25, 0.3) is 0 Å². The first-order valence-corrected chi connectivity index (χ1v) is 5.57. The van der Waals surface area contributed by atoms with E-state index < -0.39 is 5.82 Å². The Morgan fingerprint density at radius 2 is 1.94 bits per heavy atom. The Bertz CT molecular complexity index is 408. The summed E-state index contributed by atoms with van der Waals surface area (Å²) in [5.74, 6) is -1.10. The molecule has 0 unspecified atom stereocenters. The number of aromatic nitrogens is 1. The summed E-state index contributed by atoms with van der Waals surface area (Å²) in [7, 11) is 0. The van der Waals surface area contributed by atoms with Crippen molar-refractivity contribution in [3.8, 4) is 0 Å². The summed E-state index contributed by atoms with van der Waals surface area (Å²) in [6.07, 6.45) is 0. The molecule has 0 saturated carbocycles. The third-order valence-electron chi connectivity index (χ3n) is 2.17. The third-order valence-corrected chi connectivity index (χ3v) is 2.72. The molecular weight excluding hydrogens is 254 g/mol. The highest BCUT2D eigenvalue weighted by Crippen LogP contribution is 2.21. The molecule has 1 rings (SSSR count).